The van der Waals surface area contributed by atoms with E-state index in [4.69, 9.17) is 9.57 Å². The quantitative estimate of drug-likeness (QED) is 0.337. The minimum absolute atomic E-state index is 0.0494. The Kier molecular flexibility index (Phi) is 6.36. The lowest BCUT2D eigenvalue weighted by Crippen LogP contribution is -2.41. The molecule has 1 heterocycles. The van der Waals surface area contributed by atoms with Gasteiger partial charge < -0.3 is 14.9 Å². The maximum Gasteiger partial charge on any atom is 0.408 e. The Morgan fingerprint density at radius 1 is 0.750 bits per heavy atom. The molecule has 8 nitrogen and oxygen atoms in total. The maximum atomic E-state index is 13.4. The van der Waals surface area contributed by atoms with Crippen LogP contribution < -0.4 is 5.32 Å². The number of benzene rings is 4. The molecule has 0 bridgehead atoms. The summed E-state index contributed by atoms with van der Waals surface area (Å²) >= 11 is 0. The molecule has 4 aromatic carbocycles. The number of nitrogens with one attached hydrogen (secondary N) is 1. The molecular weight excluding hydrogens is 508 g/mol. The van der Waals surface area contributed by atoms with Crippen LogP contribution in [0.5, 0.6) is 0 Å². The van der Waals surface area contributed by atoms with E-state index in [9.17, 15) is 19.2 Å². The minimum atomic E-state index is -1.33. The maximum absolute atomic E-state index is 13.4. The molecule has 3 amide bonds. The van der Waals surface area contributed by atoms with E-state index in [0.29, 0.717) is 16.2 Å². The van der Waals surface area contributed by atoms with Crippen LogP contribution in [-0.4, -0.2) is 35.5 Å². The number of hydroxylamine groups is 2. The van der Waals surface area contributed by atoms with Gasteiger partial charge in [0.25, 0.3) is 11.8 Å². The van der Waals surface area contributed by atoms with Gasteiger partial charge in [-0.15, -0.1) is 0 Å². The number of ether oxygens (including phenoxy) is 1. The highest BCUT2D eigenvalue weighted by molar-refractivity contribution is 6.21. The van der Waals surface area contributed by atoms with Crippen molar-refractivity contribution in [2.75, 3.05) is 6.61 Å². The summed E-state index contributed by atoms with van der Waals surface area (Å²) in [5.41, 5.74) is 5.70. The zero-order valence-electron chi connectivity index (χ0n) is 21.5. The summed E-state index contributed by atoms with van der Waals surface area (Å²) in [6.45, 7) is 1.82. The molecule has 0 radical (unpaired) electrons. The number of imide groups is 1. The number of hydrogen-bond donors (Lipinski definition) is 1. The molecule has 0 fully saturated rings. The molecule has 2 aliphatic rings. The van der Waals surface area contributed by atoms with Crippen LogP contribution in [0.2, 0.25) is 0 Å². The lowest BCUT2D eigenvalue weighted by Gasteiger charge is -2.22. The third kappa shape index (κ3) is 4.29. The van der Waals surface area contributed by atoms with Crippen LogP contribution in [0.25, 0.3) is 11.1 Å². The molecule has 198 valence electrons. The Bertz CT molecular complexity index is 1600. The van der Waals surface area contributed by atoms with Gasteiger partial charge in [-0.1, -0.05) is 90.0 Å². The lowest BCUT2D eigenvalue weighted by atomic mass is 9.98. The van der Waals surface area contributed by atoms with Crippen molar-refractivity contribution in [3.05, 3.63) is 130 Å². The van der Waals surface area contributed by atoms with Crippen LogP contribution in [0.4, 0.5) is 4.79 Å². The topological polar surface area (TPSA) is 102 Å². The van der Waals surface area contributed by atoms with Gasteiger partial charge in [-0.2, -0.15) is 0 Å². The minimum Gasteiger partial charge on any atom is -0.449 e. The molecule has 0 aromatic heterocycles. The van der Waals surface area contributed by atoms with Crippen LogP contribution in [0.1, 0.15) is 54.9 Å². The van der Waals surface area contributed by atoms with Gasteiger partial charge in [0.15, 0.2) is 6.04 Å². The van der Waals surface area contributed by atoms with Gasteiger partial charge in [-0.3, -0.25) is 9.59 Å². The smallest absolute Gasteiger partial charge is 0.408 e. The number of fused-ring (bicyclic) bond motifs is 4. The third-order valence-corrected chi connectivity index (χ3v) is 7.28. The zero-order chi connectivity index (χ0) is 27.8. The van der Waals surface area contributed by atoms with Gasteiger partial charge in [-0.05, 0) is 52.4 Å². The molecule has 1 aliphatic carbocycles. The lowest BCUT2D eigenvalue weighted by molar-refractivity contribution is -0.171. The van der Waals surface area contributed by atoms with E-state index in [-0.39, 0.29) is 23.7 Å². The second-order valence-electron chi connectivity index (χ2n) is 9.62. The first-order chi connectivity index (χ1) is 19.4. The van der Waals surface area contributed by atoms with Gasteiger partial charge in [0, 0.05) is 5.92 Å². The number of rotatable bonds is 6. The van der Waals surface area contributed by atoms with Crippen LogP contribution >= 0.6 is 0 Å². The molecule has 40 heavy (non-hydrogen) atoms. The van der Waals surface area contributed by atoms with Gasteiger partial charge in [0.05, 0.1) is 11.1 Å². The highest BCUT2D eigenvalue weighted by atomic mass is 16.7. The molecule has 6 rings (SSSR count). The fourth-order valence-corrected chi connectivity index (χ4v) is 5.32. The molecular formula is C32H24N2O6. The molecule has 1 unspecified atom stereocenters. The molecule has 0 spiro atoms. The average Bonchev–Trinajstić information content (AvgIpc) is 3.42. The first kappa shape index (κ1) is 25.1. The number of amides is 3. The molecule has 4 aromatic rings. The van der Waals surface area contributed by atoms with Crippen molar-refractivity contribution in [1.82, 2.24) is 10.4 Å². The van der Waals surface area contributed by atoms with Crippen molar-refractivity contribution in [2.24, 2.45) is 0 Å². The number of alkyl carbamates (subject to hydrolysis) is 1. The van der Waals surface area contributed by atoms with Crippen molar-refractivity contribution in [3.8, 4) is 11.1 Å². The Labute approximate surface area is 230 Å². The van der Waals surface area contributed by atoms with E-state index in [1.165, 1.54) is 12.1 Å². The predicted octanol–water partition coefficient (Wildman–Crippen LogP) is 5.33. The standard InChI is InChI=1S/C32H24N2O6/c1-19-10-2-3-11-20(19)28(31(37)40-34-29(35)25-16-8-9-17-26(25)30(34)36)33-32(38)39-18-27-23-14-6-4-12-21(23)22-13-5-7-15-24(22)27/h2-17,27-28H,18H2,1H3,(H,33,38). The van der Waals surface area contributed by atoms with E-state index in [1.807, 2.05) is 48.5 Å². The average molecular weight is 533 g/mol. The second-order valence-corrected chi connectivity index (χ2v) is 9.62. The Morgan fingerprint density at radius 2 is 1.25 bits per heavy atom. The van der Waals surface area contributed by atoms with E-state index >= 15 is 0 Å². The van der Waals surface area contributed by atoms with Crippen molar-refractivity contribution in [1.29, 1.82) is 0 Å². The number of aryl methyl sites for hydroxylation is 1. The Morgan fingerprint density at radius 3 is 1.82 bits per heavy atom. The highest BCUT2D eigenvalue weighted by Gasteiger charge is 2.40. The molecule has 8 heteroatoms. The van der Waals surface area contributed by atoms with Crippen LogP contribution in [0.3, 0.4) is 0 Å². The zero-order valence-corrected chi connectivity index (χ0v) is 21.5. The first-order valence-corrected chi connectivity index (χ1v) is 12.8. The molecule has 1 aliphatic heterocycles. The van der Waals surface area contributed by atoms with E-state index < -0.39 is 29.9 Å². The predicted molar refractivity (Wildman–Crippen MR) is 145 cm³/mol. The number of carbonyl (C=O) groups is 4. The summed E-state index contributed by atoms with van der Waals surface area (Å²) < 4.78 is 5.64. The first-order valence-electron chi connectivity index (χ1n) is 12.8. The molecule has 0 saturated heterocycles. The SMILES string of the molecule is Cc1ccccc1C(NC(=O)OCC1c2ccccc2-c2ccccc21)C(=O)ON1C(=O)c2ccccc2C1=O. The summed E-state index contributed by atoms with van der Waals surface area (Å²) in [6, 6.07) is 27.7. The largest absolute Gasteiger partial charge is 0.449 e. The van der Waals surface area contributed by atoms with Gasteiger partial charge >= 0.3 is 12.1 Å². The van der Waals surface area contributed by atoms with E-state index in [1.54, 1.807) is 43.3 Å². The van der Waals surface area contributed by atoms with Crippen LogP contribution in [0.15, 0.2) is 97.1 Å². The summed E-state index contributed by atoms with van der Waals surface area (Å²) in [4.78, 5) is 57.3. The van der Waals surface area contributed by atoms with Crippen molar-refractivity contribution < 1.29 is 28.8 Å². The summed E-state index contributed by atoms with van der Waals surface area (Å²) in [6.07, 6.45) is -0.838. The fraction of sp³-hybridized carbons (Fsp3) is 0.125. The summed E-state index contributed by atoms with van der Waals surface area (Å²) in [5.74, 6) is -2.67. The fourth-order valence-electron chi connectivity index (χ4n) is 5.32. The third-order valence-electron chi connectivity index (χ3n) is 7.28. The molecule has 1 atom stereocenters. The Hall–Kier alpha value is -5.24. The second kappa shape index (κ2) is 10.1. The number of nitrogens with zero attached hydrogens (tertiary/aromatic N) is 1. The van der Waals surface area contributed by atoms with Crippen LogP contribution in [-0.2, 0) is 14.4 Å². The Balaban J connectivity index is 1.21. The van der Waals surface area contributed by atoms with E-state index in [2.05, 4.69) is 5.32 Å². The van der Waals surface area contributed by atoms with Crippen molar-refractivity contribution >= 4 is 23.9 Å². The van der Waals surface area contributed by atoms with Crippen molar-refractivity contribution in [3.63, 3.8) is 0 Å². The molecule has 0 saturated carbocycles. The number of carbonyl (C=O) groups excluding carboxylic acids is 4. The van der Waals surface area contributed by atoms with Crippen LogP contribution in [0, 0.1) is 6.92 Å². The van der Waals surface area contributed by atoms with Crippen molar-refractivity contribution in [2.45, 2.75) is 18.9 Å². The highest BCUT2D eigenvalue weighted by Crippen LogP contribution is 2.44. The van der Waals surface area contributed by atoms with Gasteiger partial charge in [-0.25, -0.2) is 9.59 Å². The van der Waals surface area contributed by atoms with Gasteiger partial charge in [0.1, 0.15) is 6.61 Å². The van der Waals surface area contributed by atoms with E-state index in [0.717, 1.165) is 22.3 Å². The normalized spacial score (nSPS) is 14.3. The monoisotopic (exact) mass is 532 g/mol. The number of hydrogen-bond acceptors (Lipinski definition) is 6. The molecule has 1 N–H and O–H groups in total. The summed E-state index contributed by atoms with van der Waals surface area (Å²) in [5, 5.41) is 3.01. The summed E-state index contributed by atoms with van der Waals surface area (Å²) in [7, 11) is 0. The van der Waals surface area contributed by atoms with Gasteiger partial charge in [0.2, 0.25) is 0 Å².